The van der Waals surface area contributed by atoms with E-state index in [-0.39, 0.29) is 5.91 Å². The second kappa shape index (κ2) is 6.38. The minimum atomic E-state index is -0.929. The molecule has 0 bridgehead atoms. The largest absolute Gasteiger partial charge is 0.496 e. The zero-order valence-electron chi connectivity index (χ0n) is 13.5. The number of aryl methyl sites for hydroxylation is 2. The van der Waals surface area contributed by atoms with Gasteiger partial charge in [-0.05, 0) is 55.9 Å². The highest BCUT2D eigenvalue weighted by atomic mass is 16.5. The summed E-state index contributed by atoms with van der Waals surface area (Å²) < 4.78 is 5.31. The van der Waals surface area contributed by atoms with Crippen molar-refractivity contribution in [3.63, 3.8) is 0 Å². The molecule has 120 valence electrons. The molecule has 0 aliphatic carbocycles. The van der Waals surface area contributed by atoms with E-state index in [1.807, 2.05) is 20.8 Å². The average Bonchev–Trinajstić information content (AvgIpc) is 2.46. The topological polar surface area (TPSA) is 66.8 Å². The summed E-state index contributed by atoms with van der Waals surface area (Å²) in [7, 11) is 1.60. The van der Waals surface area contributed by atoms with Crippen LogP contribution in [0.2, 0.25) is 0 Å². The predicted octanol–water partition coefficient (Wildman–Crippen LogP) is 2.64. The van der Waals surface area contributed by atoms with Gasteiger partial charge in [-0.1, -0.05) is 6.92 Å². The molecule has 1 N–H and O–H groups in total. The van der Waals surface area contributed by atoms with Crippen LogP contribution in [0.15, 0.2) is 12.1 Å². The highest BCUT2D eigenvalue weighted by molar-refractivity contribution is 5.97. The number of carbonyl (C=O) groups excluding carboxylic acids is 1. The maximum atomic E-state index is 12.7. The number of piperidine rings is 1. The smallest absolute Gasteiger partial charge is 0.326 e. The van der Waals surface area contributed by atoms with E-state index in [4.69, 9.17) is 4.74 Å². The van der Waals surface area contributed by atoms with Crippen molar-refractivity contribution in [3.8, 4) is 5.75 Å². The summed E-state index contributed by atoms with van der Waals surface area (Å²) in [6.07, 6.45) is 1.35. The molecule has 1 heterocycles. The molecule has 1 fully saturated rings. The normalized spacial score (nSPS) is 21.5. The van der Waals surface area contributed by atoms with Crippen LogP contribution < -0.4 is 4.74 Å². The Morgan fingerprint density at radius 2 is 1.86 bits per heavy atom. The van der Waals surface area contributed by atoms with E-state index in [1.54, 1.807) is 19.2 Å². The quantitative estimate of drug-likeness (QED) is 0.932. The van der Waals surface area contributed by atoms with E-state index >= 15 is 0 Å². The van der Waals surface area contributed by atoms with E-state index in [0.29, 0.717) is 24.4 Å². The molecule has 2 unspecified atom stereocenters. The fourth-order valence-corrected chi connectivity index (χ4v) is 3.18. The van der Waals surface area contributed by atoms with Crippen LogP contribution in [0, 0.1) is 19.8 Å². The Labute approximate surface area is 130 Å². The Morgan fingerprint density at radius 1 is 1.27 bits per heavy atom. The van der Waals surface area contributed by atoms with Gasteiger partial charge in [0, 0.05) is 12.1 Å². The first-order valence-corrected chi connectivity index (χ1v) is 7.54. The van der Waals surface area contributed by atoms with Crippen LogP contribution in [-0.2, 0) is 4.79 Å². The van der Waals surface area contributed by atoms with E-state index < -0.39 is 12.0 Å². The highest BCUT2D eigenvalue weighted by Crippen LogP contribution is 2.28. The number of rotatable bonds is 3. The maximum absolute atomic E-state index is 12.7. The lowest BCUT2D eigenvalue weighted by atomic mass is 9.91. The Balaban J connectivity index is 2.32. The lowest BCUT2D eigenvalue weighted by Crippen LogP contribution is -2.49. The molecule has 1 aliphatic rings. The van der Waals surface area contributed by atoms with E-state index in [0.717, 1.165) is 23.3 Å². The van der Waals surface area contributed by atoms with Gasteiger partial charge in [0.15, 0.2) is 0 Å². The third-order valence-corrected chi connectivity index (χ3v) is 4.32. The molecule has 0 spiro atoms. The van der Waals surface area contributed by atoms with Crippen LogP contribution in [-0.4, -0.2) is 41.6 Å². The van der Waals surface area contributed by atoms with Gasteiger partial charge >= 0.3 is 5.97 Å². The number of ether oxygens (including phenoxy) is 1. The first kappa shape index (κ1) is 16.3. The van der Waals surface area contributed by atoms with Crippen LogP contribution in [0.4, 0.5) is 0 Å². The number of amides is 1. The molecule has 1 amide bonds. The molecule has 22 heavy (non-hydrogen) atoms. The summed E-state index contributed by atoms with van der Waals surface area (Å²) in [5.41, 5.74) is 2.28. The van der Waals surface area contributed by atoms with Crippen molar-refractivity contribution in [2.75, 3.05) is 13.7 Å². The molecule has 1 aromatic rings. The first-order chi connectivity index (χ1) is 10.3. The van der Waals surface area contributed by atoms with Crippen molar-refractivity contribution in [2.45, 2.75) is 39.7 Å². The fourth-order valence-electron chi connectivity index (χ4n) is 3.18. The molecule has 5 heteroatoms. The predicted molar refractivity (Wildman–Crippen MR) is 83.3 cm³/mol. The molecule has 1 aliphatic heterocycles. The Kier molecular flexibility index (Phi) is 4.74. The van der Waals surface area contributed by atoms with E-state index in [1.165, 1.54) is 4.90 Å². The van der Waals surface area contributed by atoms with Crippen molar-refractivity contribution in [1.29, 1.82) is 0 Å². The number of carbonyl (C=O) groups is 2. The zero-order valence-corrected chi connectivity index (χ0v) is 13.5. The summed E-state index contributed by atoms with van der Waals surface area (Å²) in [4.78, 5) is 25.7. The third-order valence-electron chi connectivity index (χ3n) is 4.32. The molecule has 1 aromatic carbocycles. The molecular weight excluding hydrogens is 282 g/mol. The molecular formula is C17H23NO4. The van der Waals surface area contributed by atoms with Gasteiger partial charge in [-0.3, -0.25) is 4.79 Å². The molecule has 1 saturated heterocycles. The summed E-state index contributed by atoms with van der Waals surface area (Å²) in [6, 6.07) is 2.80. The number of nitrogens with zero attached hydrogens (tertiary/aromatic N) is 1. The number of likely N-dealkylation sites (tertiary alicyclic amines) is 1. The maximum Gasteiger partial charge on any atom is 0.326 e. The second-order valence-corrected chi connectivity index (χ2v) is 6.13. The van der Waals surface area contributed by atoms with Gasteiger partial charge in [-0.2, -0.15) is 0 Å². The van der Waals surface area contributed by atoms with Crippen LogP contribution in [0.25, 0.3) is 0 Å². The van der Waals surface area contributed by atoms with Gasteiger partial charge in [0.05, 0.1) is 7.11 Å². The standard InChI is InChI=1S/C17H23NO4/c1-10-5-6-18(14(7-10)17(20)21)16(19)13-8-11(2)15(22-4)12(3)9-13/h8-10,14H,5-7H2,1-4H3,(H,20,21). The zero-order chi connectivity index (χ0) is 16.4. The first-order valence-electron chi connectivity index (χ1n) is 7.54. The number of hydrogen-bond acceptors (Lipinski definition) is 3. The molecule has 0 radical (unpaired) electrons. The van der Waals surface area contributed by atoms with Crippen LogP contribution >= 0.6 is 0 Å². The summed E-state index contributed by atoms with van der Waals surface area (Å²) >= 11 is 0. The molecule has 2 rings (SSSR count). The van der Waals surface area contributed by atoms with Crippen molar-refractivity contribution in [1.82, 2.24) is 4.90 Å². The van der Waals surface area contributed by atoms with Crippen molar-refractivity contribution in [3.05, 3.63) is 28.8 Å². The van der Waals surface area contributed by atoms with E-state index in [9.17, 15) is 14.7 Å². The lowest BCUT2D eigenvalue weighted by Gasteiger charge is -2.36. The van der Waals surface area contributed by atoms with Gasteiger partial charge < -0.3 is 14.7 Å². The lowest BCUT2D eigenvalue weighted by molar-refractivity contribution is -0.144. The SMILES string of the molecule is COc1c(C)cc(C(=O)N2CCC(C)CC2C(=O)O)cc1C. The number of methoxy groups -OCH3 is 1. The Hall–Kier alpha value is -2.04. The van der Waals surface area contributed by atoms with Crippen LogP contribution in [0.3, 0.4) is 0 Å². The van der Waals surface area contributed by atoms with Crippen molar-refractivity contribution < 1.29 is 19.4 Å². The Bertz CT molecular complexity index is 573. The van der Waals surface area contributed by atoms with Gasteiger partial charge in [0.25, 0.3) is 5.91 Å². The van der Waals surface area contributed by atoms with Crippen LogP contribution in [0.5, 0.6) is 5.75 Å². The van der Waals surface area contributed by atoms with E-state index in [2.05, 4.69) is 0 Å². The third kappa shape index (κ3) is 3.08. The number of hydrogen-bond donors (Lipinski definition) is 1. The highest BCUT2D eigenvalue weighted by Gasteiger charge is 2.35. The molecule has 0 saturated carbocycles. The number of aliphatic carboxylic acids is 1. The summed E-state index contributed by atoms with van der Waals surface area (Å²) in [5.74, 6) is -0.0573. The van der Waals surface area contributed by atoms with Crippen molar-refractivity contribution >= 4 is 11.9 Å². The fraction of sp³-hybridized carbons (Fsp3) is 0.529. The minimum Gasteiger partial charge on any atom is -0.496 e. The average molecular weight is 305 g/mol. The number of carboxylic acid groups (broad SMARTS) is 1. The molecule has 0 aromatic heterocycles. The summed E-state index contributed by atoms with van der Waals surface area (Å²) in [6.45, 7) is 6.28. The minimum absolute atomic E-state index is 0.215. The Morgan fingerprint density at radius 3 is 2.36 bits per heavy atom. The van der Waals surface area contributed by atoms with Gasteiger partial charge in [0.2, 0.25) is 0 Å². The number of benzene rings is 1. The second-order valence-electron chi connectivity index (χ2n) is 6.13. The van der Waals surface area contributed by atoms with Gasteiger partial charge in [-0.25, -0.2) is 4.79 Å². The molecule has 2 atom stereocenters. The van der Waals surface area contributed by atoms with Gasteiger partial charge in [0.1, 0.15) is 11.8 Å². The number of carboxylic acids is 1. The van der Waals surface area contributed by atoms with Gasteiger partial charge in [-0.15, -0.1) is 0 Å². The summed E-state index contributed by atoms with van der Waals surface area (Å²) in [5, 5.41) is 9.40. The van der Waals surface area contributed by atoms with Crippen LogP contribution in [0.1, 0.15) is 41.3 Å². The molecule has 5 nitrogen and oxygen atoms in total. The monoisotopic (exact) mass is 305 g/mol. The van der Waals surface area contributed by atoms with Crippen molar-refractivity contribution in [2.24, 2.45) is 5.92 Å².